The number of nitriles is 1. The predicted molar refractivity (Wildman–Crippen MR) is 149 cm³/mol. The number of hydrogen-bond acceptors (Lipinski definition) is 8. The lowest BCUT2D eigenvalue weighted by Gasteiger charge is -2.07. The number of anilines is 2. The number of amides is 1. The van der Waals surface area contributed by atoms with Gasteiger partial charge in [0, 0.05) is 22.8 Å². The summed E-state index contributed by atoms with van der Waals surface area (Å²) >= 11 is 2.48. The summed E-state index contributed by atoms with van der Waals surface area (Å²) in [6.07, 6.45) is 1.50. The van der Waals surface area contributed by atoms with Gasteiger partial charge in [-0.1, -0.05) is 48.5 Å². The minimum absolute atomic E-state index is 0.193. The van der Waals surface area contributed by atoms with E-state index in [1.54, 1.807) is 13.8 Å². The van der Waals surface area contributed by atoms with Gasteiger partial charge in [0.15, 0.2) is 0 Å². The quantitative estimate of drug-likeness (QED) is 0.191. The molecular weight excluding hydrogens is 504 g/mol. The van der Waals surface area contributed by atoms with Crippen molar-refractivity contribution < 1.29 is 14.3 Å². The number of ether oxygens (including phenoxy) is 1. The number of carbonyl (C=O) groups is 2. The van der Waals surface area contributed by atoms with Gasteiger partial charge in [0.2, 0.25) is 0 Å². The van der Waals surface area contributed by atoms with Crippen LogP contribution in [0.2, 0.25) is 0 Å². The smallest absolute Gasteiger partial charge is 0.341 e. The number of nitrogens with zero attached hydrogens (tertiary/aromatic N) is 2. The first-order valence-electron chi connectivity index (χ1n) is 11.5. The van der Waals surface area contributed by atoms with Crippen molar-refractivity contribution in [3.63, 3.8) is 0 Å². The molecule has 1 amide bonds. The Labute approximate surface area is 223 Å². The summed E-state index contributed by atoms with van der Waals surface area (Å²) in [6.45, 7) is 5.53. The second kappa shape index (κ2) is 11.6. The molecule has 2 aromatic carbocycles. The summed E-state index contributed by atoms with van der Waals surface area (Å²) in [7, 11) is 0. The molecule has 9 heteroatoms. The maximum atomic E-state index is 13.1. The van der Waals surface area contributed by atoms with Crippen LogP contribution >= 0.6 is 22.7 Å². The van der Waals surface area contributed by atoms with Crippen molar-refractivity contribution in [1.29, 1.82) is 5.26 Å². The second-order valence-corrected chi connectivity index (χ2v) is 9.85. The third-order valence-electron chi connectivity index (χ3n) is 5.50. The number of carbonyl (C=O) groups excluding carboxylic acids is 2. The highest BCUT2D eigenvalue weighted by Crippen LogP contribution is 2.35. The van der Waals surface area contributed by atoms with Gasteiger partial charge in [0.1, 0.15) is 21.7 Å². The van der Waals surface area contributed by atoms with Crippen molar-refractivity contribution in [2.24, 2.45) is 0 Å². The number of esters is 1. The number of aryl methyl sites for hydroxylation is 1. The van der Waals surface area contributed by atoms with Crippen LogP contribution in [-0.2, 0) is 4.74 Å². The van der Waals surface area contributed by atoms with Crippen molar-refractivity contribution in [3.05, 3.63) is 92.8 Å². The molecule has 0 bridgehead atoms. The molecule has 4 aromatic rings. The number of aromatic nitrogens is 1. The van der Waals surface area contributed by atoms with Gasteiger partial charge in [-0.2, -0.15) is 5.26 Å². The summed E-state index contributed by atoms with van der Waals surface area (Å²) in [5.74, 6) is -0.867. The van der Waals surface area contributed by atoms with E-state index in [1.807, 2.05) is 66.9 Å². The number of rotatable bonds is 8. The second-order valence-electron chi connectivity index (χ2n) is 7.97. The van der Waals surface area contributed by atoms with Gasteiger partial charge in [-0.3, -0.25) is 4.79 Å². The van der Waals surface area contributed by atoms with Crippen molar-refractivity contribution in [1.82, 2.24) is 4.98 Å². The summed E-state index contributed by atoms with van der Waals surface area (Å²) < 4.78 is 5.25. The van der Waals surface area contributed by atoms with Gasteiger partial charge in [0.05, 0.1) is 22.7 Å². The summed E-state index contributed by atoms with van der Waals surface area (Å²) in [4.78, 5) is 30.9. The van der Waals surface area contributed by atoms with Crippen LogP contribution in [0.25, 0.3) is 16.8 Å². The van der Waals surface area contributed by atoms with E-state index < -0.39 is 5.97 Å². The maximum Gasteiger partial charge on any atom is 0.341 e. The average Bonchev–Trinajstić information content (AvgIpc) is 3.52. The van der Waals surface area contributed by atoms with E-state index in [9.17, 15) is 14.9 Å². The van der Waals surface area contributed by atoms with Crippen molar-refractivity contribution in [2.45, 2.75) is 20.8 Å². The third kappa shape index (κ3) is 5.77. The van der Waals surface area contributed by atoms with Gasteiger partial charge in [-0.05, 0) is 38.0 Å². The Morgan fingerprint density at radius 1 is 1.11 bits per heavy atom. The van der Waals surface area contributed by atoms with E-state index >= 15 is 0 Å². The molecule has 0 saturated carbocycles. The molecule has 186 valence electrons. The van der Waals surface area contributed by atoms with Gasteiger partial charge < -0.3 is 15.4 Å². The van der Waals surface area contributed by atoms with Crippen LogP contribution in [0, 0.1) is 25.2 Å². The zero-order valence-corrected chi connectivity index (χ0v) is 22.1. The monoisotopic (exact) mass is 528 g/mol. The van der Waals surface area contributed by atoms with Crippen molar-refractivity contribution >= 4 is 50.8 Å². The molecule has 37 heavy (non-hydrogen) atoms. The number of thiazole rings is 1. The van der Waals surface area contributed by atoms with Crippen molar-refractivity contribution in [2.75, 3.05) is 17.2 Å². The highest BCUT2D eigenvalue weighted by atomic mass is 32.1. The first-order chi connectivity index (χ1) is 17.9. The van der Waals surface area contributed by atoms with E-state index in [4.69, 9.17) is 4.74 Å². The lowest BCUT2D eigenvalue weighted by Crippen LogP contribution is -2.13. The Kier molecular flexibility index (Phi) is 8.13. The Balaban J connectivity index is 1.65. The number of nitrogens with one attached hydrogen (secondary N) is 2. The molecule has 2 N–H and O–H groups in total. The minimum Gasteiger partial charge on any atom is -0.462 e. The Morgan fingerprint density at radius 2 is 1.84 bits per heavy atom. The first kappa shape index (κ1) is 25.8. The summed E-state index contributed by atoms with van der Waals surface area (Å²) in [5.41, 5.74) is 4.42. The molecule has 0 atom stereocenters. The third-order valence-corrected chi connectivity index (χ3v) is 7.60. The van der Waals surface area contributed by atoms with Crippen LogP contribution < -0.4 is 10.6 Å². The SMILES string of the molecule is CCOC(=O)c1c(N/C=C(\C#N)c2nc(-c3ccccc3)cs2)sc(C(=O)Nc2ccccc2C)c1C. The van der Waals surface area contributed by atoms with Crippen molar-refractivity contribution in [3.8, 4) is 17.3 Å². The topological polar surface area (TPSA) is 104 Å². The zero-order chi connectivity index (χ0) is 26.4. The molecule has 4 rings (SSSR count). The summed E-state index contributed by atoms with van der Waals surface area (Å²) in [6, 6.07) is 19.3. The predicted octanol–water partition coefficient (Wildman–Crippen LogP) is 6.89. The molecule has 0 aliphatic heterocycles. The molecule has 0 unspecified atom stereocenters. The minimum atomic E-state index is -0.541. The highest BCUT2D eigenvalue weighted by Gasteiger charge is 2.26. The Hall–Kier alpha value is -4.26. The largest absolute Gasteiger partial charge is 0.462 e. The fourth-order valence-electron chi connectivity index (χ4n) is 3.59. The van der Waals surface area contributed by atoms with Crippen LogP contribution in [0.1, 0.15) is 43.1 Å². The lowest BCUT2D eigenvalue weighted by molar-refractivity contribution is 0.0527. The van der Waals surface area contributed by atoms with Crippen LogP contribution in [0.3, 0.4) is 0 Å². The number of para-hydroxylation sites is 1. The zero-order valence-electron chi connectivity index (χ0n) is 20.5. The lowest BCUT2D eigenvalue weighted by atomic mass is 10.1. The molecule has 0 spiro atoms. The number of thiophene rings is 1. The van der Waals surface area contributed by atoms with E-state index in [-0.39, 0.29) is 18.1 Å². The molecule has 7 nitrogen and oxygen atoms in total. The Bertz CT molecular complexity index is 1510. The molecule has 0 fully saturated rings. The van der Waals surface area contributed by atoms with Crippen LogP contribution in [0.5, 0.6) is 0 Å². The van der Waals surface area contributed by atoms with Gasteiger partial charge in [-0.15, -0.1) is 22.7 Å². The molecule has 0 saturated heterocycles. The van der Waals surface area contributed by atoms with E-state index in [1.165, 1.54) is 17.5 Å². The molecule has 2 heterocycles. The van der Waals surface area contributed by atoms with E-state index in [0.717, 1.165) is 28.2 Å². The molecule has 0 aliphatic rings. The molecule has 0 radical (unpaired) electrons. The molecule has 2 aromatic heterocycles. The van der Waals surface area contributed by atoms with E-state index in [0.29, 0.717) is 31.7 Å². The van der Waals surface area contributed by atoms with Crippen LogP contribution in [0.15, 0.2) is 66.2 Å². The molecular formula is C28H24N4O3S2. The fraction of sp³-hybridized carbons (Fsp3) is 0.143. The van der Waals surface area contributed by atoms with Gasteiger partial charge >= 0.3 is 5.97 Å². The number of allylic oxidation sites excluding steroid dienone is 1. The normalized spacial score (nSPS) is 11.0. The van der Waals surface area contributed by atoms with Gasteiger partial charge in [-0.25, -0.2) is 9.78 Å². The Morgan fingerprint density at radius 3 is 2.54 bits per heavy atom. The fourth-order valence-corrected chi connectivity index (χ4v) is 5.45. The number of hydrogen-bond donors (Lipinski definition) is 2. The maximum absolute atomic E-state index is 13.1. The van der Waals surface area contributed by atoms with Crippen LogP contribution in [0.4, 0.5) is 10.7 Å². The molecule has 0 aliphatic carbocycles. The van der Waals surface area contributed by atoms with Crippen LogP contribution in [-0.4, -0.2) is 23.5 Å². The number of benzene rings is 2. The van der Waals surface area contributed by atoms with Gasteiger partial charge in [0.25, 0.3) is 5.91 Å². The highest BCUT2D eigenvalue weighted by molar-refractivity contribution is 7.18. The standard InChI is InChI=1S/C28H24N4O3S2/c1-4-35-28(34)23-18(3)24(25(33)31-21-13-9-8-10-17(21)2)37-27(23)30-15-20(14-29)26-32-22(16-36-26)19-11-6-5-7-12-19/h5-13,15-16,30H,4H2,1-3H3,(H,31,33)/b20-15+. The average molecular weight is 529 g/mol. The first-order valence-corrected chi connectivity index (χ1v) is 13.2. The van der Waals surface area contributed by atoms with E-state index in [2.05, 4.69) is 21.7 Å². The summed E-state index contributed by atoms with van der Waals surface area (Å²) in [5, 5.41) is 18.6.